The van der Waals surface area contributed by atoms with Crippen LogP contribution in [0, 0.1) is 6.92 Å². The molecule has 0 atom stereocenters. The Labute approximate surface area is 220 Å². The third-order valence-corrected chi connectivity index (χ3v) is 9.39. The van der Waals surface area contributed by atoms with E-state index in [0.29, 0.717) is 33.8 Å². The summed E-state index contributed by atoms with van der Waals surface area (Å²) < 4.78 is 28.7. The van der Waals surface area contributed by atoms with E-state index in [9.17, 15) is 8.42 Å². The first-order valence-corrected chi connectivity index (χ1v) is 14.8. The van der Waals surface area contributed by atoms with Gasteiger partial charge >= 0.3 is 0 Å². The standard InChI is InChI=1S/C26H35ClN4O2S2/c1-20-22(27)11-10-12-23(20)28-26(34)29-24-19-21(35(32,33)31-17-8-4-5-9-18-31)13-14-25(24)30-15-6-2-3-7-16-30/h10-14,19H,2-9,15-18H2,1H3,(H2,28,29,34). The number of anilines is 3. The van der Waals surface area contributed by atoms with Gasteiger partial charge in [-0.3, -0.25) is 0 Å². The lowest BCUT2D eigenvalue weighted by atomic mass is 10.2. The highest BCUT2D eigenvalue weighted by Crippen LogP contribution is 2.33. The minimum Gasteiger partial charge on any atom is -0.370 e. The Morgan fingerprint density at radius 3 is 2.11 bits per heavy atom. The highest BCUT2D eigenvalue weighted by atomic mass is 35.5. The second-order valence-corrected chi connectivity index (χ2v) is 12.1. The lowest BCUT2D eigenvalue weighted by Crippen LogP contribution is -2.32. The monoisotopic (exact) mass is 534 g/mol. The van der Waals surface area contributed by atoms with Crippen LogP contribution in [0.25, 0.3) is 0 Å². The van der Waals surface area contributed by atoms with Crippen molar-refractivity contribution in [2.24, 2.45) is 0 Å². The van der Waals surface area contributed by atoms with Crippen molar-refractivity contribution in [2.45, 2.75) is 63.2 Å². The lowest BCUT2D eigenvalue weighted by molar-refractivity contribution is 0.424. The van der Waals surface area contributed by atoms with Gasteiger partial charge in [-0.2, -0.15) is 4.31 Å². The number of thiocarbonyl (C=S) groups is 1. The molecule has 0 unspecified atom stereocenters. The summed E-state index contributed by atoms with van der Waals surface area (Å²) >= 11 is 11.9. The van der Waals surface area contributed by atoms with Crippen LogP contribution in [0.5, 0.6) is 0 Å². The van der Waals surface area contributed by atoms with E-state index >= 15 is 0 Å². The third kappa shape index (κ3) is 6.47. The lowest BCUT2D eigenvalue weighted by Gasteiger charge is -2.27. The molecule has 35 heavy (non-hydrogen) atoms. The molecular formula is C26H35ClN4O2S2. The zero-order chi connectivity index (χ0) is 24.8. The molecule has 2 saturated heterocycles. The molecule has 2 N–H and O–H groups in total. The van der Waals surface area contributed by atoms with E-state index in [1.54, 1.807) is 16.4 Å². The zero-order valence-electron chi connectivity index (χ0n) is 20.4. The molecule has 0 radical (unpaired) electrons. The van der Waals surface area contributed by atoms with Gasteiger partial charge in [-0.25, -0.2) is 8.42 Å². The molecule has 0 spiro atoms. The van der Waals surface area contributed by atoms with Crippen LogP contribution in [0.1, 0.15) is 56.9 Å². The van der Waals surface area contributed by atoms with Crippen LogP contribution in [0.3, 0.4) is 0 Å². The largest absolute Gasteiger partial charge is 0.370 e. The number of benzene rings is 2. The van der Waals surface area contributed by atoms with Crippen molar-refractivity contribution in [1.29, 1.82) is 0 Å². The Morgan fingerprint density at radius 1 is 0.857 bits per heavy atom. The molecule has 2 heterocycles. The molecule has 0 bridgehead atoms. The molecule has 2 aliphatic heterocycles. The second kappa shape index (κ2) is 11.9. The van der Waals surface area contributed by atoms with Crippen LogP contribution in [-0.2, 0) is 10.0 Å². The van der Waals surface area contributed by atoms with E-state index in [1.165, 1.54) is 12.8 Å². The van der Waals surface area contributed by atoms with E-state index in [4.69, 9.17) is 23.8 Å². The van der Waals surface area contributed by atoms with Crippen molar-refractivity contribution in [2.75, 3.05) is 41.7 Å². The number of nitrogens with one attached hydrogen (secondary N) is 2. The van der Waals surface area contributed by atoms with Crippen molar-refractivity contribution in [3.63, 3.8) is 0 Å². The van der Waals surface area contributed by atoms with E-state index < -0.39 is 10.0 Å². The molecule has 0 aromatic heterocycles. The van der Waals surface area contributed by atoms with E-state index in [0.717, 1.165) is 68.6 Å². The highest BCUT2D eigenvalue weighted by molar-refractivity contribution is 7.89. The first-order valence-electron chi connectivity index (χ1n) is 12.6. The molecule has 4 rings (SSSR count). The van der Waals surface area contributed by atoms with Gasteiger partial charge in [-0.05, 0) is 80.7 Å². The van der Waals surface area contributed by atoms with Crippen LogP contribution < -0.4 is 15.5 Å². The summed E-state index contributed by atoms with van der Waals surface area (Å²) in [5.41, 5.74) is 3.41. The Bertz CT molecular complexity index is 1140. The number of hydrogen-bond acceptors (Lipinski definition) is 4. The molecule has 0 amide bonds. The van der Waals surface area contributed by atoms with Gasteiger partial charge in [0.2, 0.25) is 10.0 Å². The second-order valence-electron chi connectivity index (χ2n) is 9.39. The Hall–Kier alpha value is -1.87. The van der Waals surface area contributed by atoms with Crippen molar-refractivity contribution in [3.8, 4) is 0 Å². The van der Waals surface area contributed by atoms with Gasteiger partial charge in [-0.15, -0.1) is 0 Å². The van der Waals surface area contributed by atoms with Crippen LogP contribution in [0.4, 0.5) is 17.1 Å². The van der Waals surface area contributed by atoms with E-state index in [-0.39, 0.29) is 0 Å². The quantitative estimate of drug-likeness (QED) is 0.432. The maximum Gasteiger partial charge on any atom is 0.243 e. The normalized spacial score (nSPS) is 17.9. The summed E-state index contributed by atoms with van der Waals surface area (Å²) in [6.45, 7) is 4.98. The van der Waals surface area contributed by atoms with Gasteiger partial charge in [0.25, 0.3) is 0 Å². The Balaban J connectivity index is 1.64. The van der Waals surface area contributed by atoms with Crippen LogP contribution in [-0.4, -0.2) is 44.0 Å². The third-order valence-electron chi connectivity index (χ3n) is 6.88. The minimum absolute atomic E-state index is 0.308. The molecule has 0 saturated carbocycles. The van der Waals surface area contributed by atoms with Crippen LogP contribution in [0.15, 0.2) is 41.3 Å². The first-order chi connectivity index (χ1) is 16.9. The molecule has 2 aromatic rings. The summed E-state index contributed by atoms with van der Waals surface area (Å²) in [7, 11) is -3.58. The zero-order valence-corrected chi connectivity index (χ0v) is 22.7. The van der Waals surface area contributed by atoms with E-state index in [2.05, 4.69) is 15.5 Å². The first kappa shape index (κ1) is 26.2. The minimum atomic E-state index is -3.58. The predicted octanol–water partition coefficient (Wildman–Crippen LogP) is 6.40. The SMILES string of the molecule is Cc1c(Cl)cccc1NC(=S)Nc1cc(S(=O)(=O)N2CCCCCC2)ccc1N1CCCCCC1. The average Bonchev–Trinajstić information content (AvgIpc) is 3.28. The van der Waals surface area contributed by atoms with Crippen molar-refractivity contribution in [1.82, 2.24) is 4.31 Å². The molecule has 190 valence electrons. The van der Waals surface area contributed by atoms with Crippen molar-refractivity contribution >= 4 is 56.0 Å². The predicted molar refractivity (Wildman–Crippen MR) is 150 cm³/mol. The molecule has 6 nitrogen and oxygen atoms in total. The average molecular weight is 535 g/mol. The Kier molecular flexibility index (Phi) is 8.92. The Morgan fingerprint density at radius 2 is 1.46 bits per heavy atom. The summed E-state index contributed by atoms with van der Waals surface area (Å²) in [6.07, 6.45) is 8.65. The van der Waals surface area contributed by atoms with Gasteiger partial charge in [0.05, 0.1) is 16.3 Å². The van der Waals surface area contributed by atoms with Gasteiger partial charge < -0.3 is 15.5 Å². The molecule has 0 aliphatic carbocycles. The fourth-order valence-electron chi connectivity index (χ4n) is 4.81. The van der Waals surface area contributed by atoms with E-state index in [1.807, 2.05) is 31.2 Å². The van der Waals surface area contributed by atoms with Crippen LogP contribution >= 0.6 is 23.8 Å². The van der Waals surface area contributed by atoms with Crippen LogP contribution in [0.2, 0.25) is 5.02 Å². The molecular weight excluding hydrogens is 500 g/mol. The fraction of sp³-hybridized carbons (Fsp3) is 0.500. The summed E-state index contributed by atoms with van der Waals surface area (Å²) in [5.74, 6) is 0. The molecule has 2 fully saturated rings. The fourth-order valence-corrected chi connectivity index (χ4v) is 6.75. The summed E-state index contributed by atoms with van der Waals surface area (Å²) in [6, 6.07) is 11.1. The van der Waals surface area contributed by atoms with Gasteiger partial charge in [0.15, 0.2) is 5.11 Å². The molecule has 9 heteroatoms. The molecule has 2 aliphatic rings. The number of hydrogen-bond donors (Lipinski definition) is 2. The summed E-state index contributed by atoms with van der Waals surface area (Å²) in [4.78, 5) is 2.65. The number of halogens is 1. The smallest absolute Gasteiger partial charge is 0.243 e. The van der Waals surface area contributed by atoms with Gasteiger partial charge in [0, 0.05) is 36.9 Å². The van der Waals surface area contributed by atoms with Crippen molar-refractivity contribution in [3.05, 3.63) is 47.0 Å². The van der Waals surface area contributed by atoms with Crippen molar-refractivity contribution < 1.29 is 8.42 Å². The maximum atomic E-state index is 13.5. The maximum absolute atomic E-state index is 13.5. The highest BCUT2D eigenvalue weighted by Gasteiger charge is 2.27. The topological polar surface area (TPSA) is 64.7 Å². The van der Waals surface area contributed by atoms with Gasteiger partial charge in [-0.1, -0.05) is 43.4 Å². The molecule has 2 aromatic carbocycles. The van der Waals surface area contributed by atoms with Gasteiger partial charge in [0.1, 0.15) is 0 Å². The number of sulfonamides is 1. The number of rotatable bonds is 5. The number of nitrogens with zero attached hydrogens (tertiary/aromatic N) is 2. The summed E-state index contributed by atoms with van der Waals surface area (Å²) in [5, 5.41) is 7.59.